The van der Waals surface area contributed by atoms with Gasteiger partial charge >= 0.3 is 0 Å². The molecule has 17 heavy (non-hydrogen) atoms. The summed E-state index contributed by atoms with van der Waals surface area (Å²) < 4.78 is 6.04. The minimum Gasteiger partial charge on any atom is -0.497 e. The number of hydrogen-bond acceptors (Lipinski definition) is 2. The third-order valence-electron chi connectivity index (χ3n) is 2.45. The zero-order chi connectivity index (χ0) is 12.3. The first-order valence-corrected chi connectivity index (χ1v) is 7.32. The van der Waals surface area contributed by atoms with E-state index < -0.39 is 0 Å². The molecule has 0 bridgehead atoms. The van der Waals surface area contributed by atoms with Crippen LogP contribution in [-0.2, 0) is 6.42 Å². The molecule has 1 aromatic heterocycles. The lowest BCUT2D eigenvalue weighted by atomic mass is 10.1. The van der Waals surface area contributed by atoms with Gasteiger partial charge in [0.05, 0.1) is 16.3 Å². The Labute approximate surface area is 119 Å². The van der Waals surface area contributed by atoms with Crippen molar-refractivity contribution in [1.82, 2.24) is 0 Å². The first kappa shape index (κ1) is 12.9. The molecule has 1 unspecified atom stereocenters. The van der Waals surface area contributed by atoms with E-state index in [1.54, 1.807) is 18.4 Å². The zero-order valence-electron chi connectivity index (χ0n) is 9.32. The third kappa shape index (κ3) is 3.47. The normalized spacial score (nSPS) is 12.4. The highest BCUT2D eigenvalue weighted by Gasteiger charge is 2.11. The fourth-order valence-electron chi connectivity index (χ4n) is 1.60. The highest BCUT2D eigenvalue weighted by Crippen LogP contribution is 2.34. The largest absolute Gasteiger partial charge is 0.497 e. The molecule has 0 aliphatic heterocycles. The van der Waals surface area contributed by atoms with Gasteiger partial charge in [-0.2, -0.15) is 0 Å². The summed E-state index contributed by atoms with van der Waals surface area (Å²) in [6.45, 7) is 0. The van der Waals surface area contributed by atoms with Crippen molar-refractivity contribution in [2.75, 3.05) is 7.11 Å². The first-order chi connectivity index (χ1) is 8.19. The summed E-state index contributed by atoms with van der Waals surface area (Å²) in [7, 11) is 1.68. The van der Waals surface area contributed by atoms with Crippen LogP contribution < -0.4 is 4.74 Å². The average Bonchev–Trinajstić information content (AvgIpc) is 2.76. The molecule has 1 aromatic carbocycles. The molecule has 1 atom stereocenters. The predicted molar refractivity (Wildman–Crippen MR) is 77.7 cm³/mol. The summed E-state index contributed by atoms with van der Waals surface area (Å²) in [5, 5.41) is 0. The van der Waals surface area contributed by atoms with Gasteiger partial charge in [-0.3, -0.25) is 0 Å². The minimum atomic E-state index is 0.298. The molecule has 2 rings (SSSR count). The second-order valence-corrected chi connectivity index (χ2v) is 6.52. The predicted octanol–water partition coefficient (Wildman–Crippen LogP) is 5.09. The van der Waals surface area contributed by atoms with Crippen molar-refractivity contribution >= 4 is 38.9 Å². The molecule has 4 heteroatoms. The topological polar surface area (TPSA) is 9.23 Å². The molecule has 0 spiro atoms. The smallest absolute Gasteiger partial charge is 0.119 e. The molecule has 0 aliphatic rings. The minimum absolute atomic E-state index is 0.298. The van der Waals surface area contributed by atoms with Crippen LogP contribution in [0.15, 0.2) is 36.4 Å². The first-order valence-electron chi connectivity index (χ1n) is 5.21. The van der Waals surface area contributed by atoms with Gasteiger partial charge in [0, 0.05) is 4.88 Å². The fourth-order valence-corrected chi connectivity index (χ4v) is 3.45. The van der Waals surface area contributed by atoms with Crippen molar-refractivity contribution in [3.63, 3.8) is 0 Å². The van der Waals surface area contributed by atoms with Gasteiger partial charge in [-0.05, 0) is 36.2 Å². The standard InChI is InChI=1S/C13H12BrClOS/c1-16-10-4-2-3-9(7-10)8-11(14)12-5-6-13(15)17-12/h2-7,11H,8H2,1H3. The Bertz CT molecular complexity index is 498. The Morgan fingerprint density at radius 3 is 2.82 bits per heavy atom. The van der Waals surface area contributed by atoms with Gasteiger partial charge in [0.2, 0.25) is 0 Å². The lowest BCUT2D eigenvalue weighted by Crippen LogP contribution is -1.93. The van der Waals surface area contributed by atoms with Gasteiger partial charge in [0.1, 0.15) is 5.75 Å². The molecule has 0 N–H and O–H groups in total. The Morgan fingerprint density at radius 1 is 1.35 bits per heavy atom. The molecule has 1 heterocycles. The number of alkyl halides is 1. The average molecular weight is 332 g/mol. The SMILES string of the molecule is COc1cccc(CC(Br)c2ccc(Cl)s2)c1. The number of benzene rings is 1. The van der Waals surface area contributed by atoms with Crippen molar-refractivity contribution in [2.45, 2.75) is 11.2 Å². The molecular formula is C13H12BrClOS. The van der Waals surface area contributed by atoms with Crippen LogP contribution in [0.1, 0.15) is 15.3 Å². The molecule has 2 aromatic rings. The van der Waals surface area contributed by atoms with Gasteiger partial charge in [-0.25, -0.2) is 0 Å². The van der Waals surface area contributed by atoms with Crippen molar-refractivity contribution in [1.29, 1.82) is 0 Å². The summed E-state index contributed by atoms with van der Waals surface area (Å²) >= 11 is 11.2. The summed E-state index contributed by atoms with van der Waals surface area (Å²) in [6.07, 6.45) is 0.925. The van der Waals surface area contributed by atoms with Crippen LogP contribution in [0.25, 0.3) is 0 Å². The van der Waals surface area contributed by atoms with Crippen LogP contribution in [0, 0.1) is 0 Å². The number of ether oxygens (including phenoxy) is 1. The van der Waals surface area contributed by atoms with Gasteiger partial charge in [-0.15, -0.1) is 11.3 Å². The van der Waals surface area contributed by atoms with Gasteiger partial charge in [-0.1, -0.05) is 39.7 Å². The molecule has 0 amide bonds. The molecule has 0 radical (unpaired) electrons. The lowest BCUT2D eigenvalue weighted by molar-refractivity contribution is 0.414. The Kier molecular flexibility index (Phi) is 4.48. The number of thiophene rings is 1. The Hall–Kier alpha value is -0.510. The van der Waals surface area contributed by atoms with E-state index in [2.05, 4.69) is 34.1 Å². The highest BCUT2D eigenvalue weighted by molar-refractivity contribution is 9.09. The van der Waals surface area contributed by atoms with Crippen LogP contribution in [0.5, 0.6) is 5.75 Å². The van der Waals surface area contributed by atoms with E-state index in [1.165, 1.54) is 10.4 Å². The van der Waals surface area contributed by atoms with E-state index in [0.717, 1.165) is 16.5 Å². The van der Waals surface area contributed by atoms with Gasteiger partial charge in [0.25, 0.3) is 0 Å². The molecule has 0 fully saturated rings. The van der Waals surface area contributed by atoms with Crippen LogP contribution in [-0.4, -0.2) is 7.11 Å². The quantitative estimate of drug-likeness (QED) is 0.709. The monoisotopic (exact) mass is 330 g/mol. The maximum Gasteiger partial charge on any atom is 0.119 e. The molecule has 0 aliphatic carbocycles. The number of methoxy groups -OCH3 is 1. The molecule has 90 valence electrons. The highest BCUT2D eigenvalue weighted by atomic mass is 79.9. The molecule has 1 nitrogen and oxygen atoms in total. The molecule has 0 saturated carbocycles. The molecular weight excluding hydrogens is 320 g/mol. The second kappa shape index (κ2) is 5.89. The van der Waals surface area contributed by atoms with E-state index in [4.69, 9.17) is 16.3 Å². The number of rotatable bonds is 4. The van der Waals surface area contributed by atoms with E-state index in [-0.39, 0.29) is 0 Å². The zero-order valence-corrected chi connectivity index (χ0v) is 12.5. The summed E-state index contributed by atoms with van der Waals surface area (Å²) in [5.74, 6) is 0.895. The van der Waals surface area contributed by atoms with Crippen LogP contribution in [0.3, 0.4) is 0 Å². The summed E-state index contributed by atoms with van der Waals surface area (Å²) in [6, 6.07) is 12.1. The van der Waals surface area contributed by atoms with E-state index >= 15 is 0 Å². The number of hydrogen-bond donors (Lipinski definition) is 0. The summed E-state index contributed by atoms with van der Waals surface area (Å²) in [4.78, 5) is 1.55. The van der Waals surface area contributed by atoms with Crippen molar-refractivity contribution < 1.29 is 4.74 Å². The summed E-state index contributed by atoms with van der Waals surface area (Å²) in [5.41, 5.74) is 1.25. The fraction of sp³-hybridized carbons (Fsp3) is 0.231. The van der Waals surface area contributed by atoms with Crippen molar-refractivity contribution in [2.24, 2.45) is 0 Å². The van der Waals surface area contributed by atoms with Crippen molar-refractivity contribution in [3.8, 4) is 5.75 Å². The molecule has 0 saturated heterocycles. The van der Waals surface area contributed by atoms with Crippen LogP contribution in [0.4, 0.5) is 0 Å². The van der Waals surface area contributed by atoms with Crippen LogP contribution in [0.2, 0.25) is 4.34 Å². The van der Waals surface area contributed by atoms with Gasteiger partial charge < -0.3 is 4.74 Å². The Morgan fingerprint density at radius 2 is 2.18 bits per heavy atom. The second-order valence-electron chi connectivity index (χ2n) is 3.67. The Balaban J connectivity index is 2.09. The van der Waals surface area contributed by atoms with Crippen molar-refractivity contribution in [3.05, 3.63) is 51.2 Å². The van der Waals surface area contributed by atoms with E-state index in [1.807, 2.05) is 18.2 Å². The van der Waals surface area contributed by atoms with Crippen LogP contribution >= 0.6 is 38.9 Å². The number of halogens is 2. The van der Waals surface area contributed by atoms with E-state index in [9.17, 15) is 0 Å². The van der Waals surface area contributed by atoms with E-state index in [0.29, 0.717) is 4.83 Å². The van der Waals surface area contributed by atoms with Gasteiger partial charge in [0.15, 0.2) is 0 Å². The third-order valence-corrected chi connectivity index (χ3v) is 4.92. The lowest BCUT2D eigenvalue weighted by Gasteiger charge is -2.08. The maximum atomic E-state index is 5.93. The maximum absolute atomic E-state index is 5.93.